The van der Waals surface area contributed by atoms with Crippen LogP contribution >= 0.6 is 23.2 Å². The highest BCUT2D eigenvalue weighted by molar-refractivity contribution is 6.30. The van der Waals surface area contributed by atoms with Crippen LogP contribution in [-0.2, 0) is 14.3 Å². The minimum Gasteiger partial charge on any atom is -0.348 e. The molecule has 2 aromatic rings. The summed E-state index contributed by atoms with van der Waals surface area (Å²) in [6.07, 6.45) is 6.14. The molecule has 2 heterocycles. The first-order valence-corrected chi connectivity index (χ1v) is 13.6. The lowest BCUT2D eigenvalue weighted by molar-refractivity contribution is -0.161. The molecule has 4 rings (SSSR count). The van der Waals surface area contributed by atoms with Crippen LogP contribution in [0.1, 0.15) is 77.0 Å². The number of halogens is 2. The van der Waals surface area contributed by atoms with E-state index >= 15 is 0 Å². The van der Waals surface area contributed by atoms with Crippen molar-refractivity contribution in [2.75, 3.05) is 6.61 Å². The third-order valence-electron chi connectivity index (χ3n) is 7.53. The molecule has 194 valence electrons. The van der Waals surface area contributed by atoms with Crippen LogP contribution in [0.3, 0.4) is 0 Å². The molecule has 0 saturated carbocycles. The van der Waals surface area contributed by atoms with Gasteiger partial charge in [0.25, 0.3) is 0 Å². The number of hydrogen-bond acceptors (Lipinski definition) is 3. The van der Waals surface area contributed by atoms with E-state index in [4.69, 9.17) is 32.7 Å². The van der Waals surface area contributed by atoms with Crippen LogP contribution in [0.5, 0.6) is 0 Å². The summed E-state index contributed by atoms with van der Waals surface area (Å²) in [4.78, 5) is 16.6. The number of allylic oxidation sites excluding steroid dienone is 1. The molecule has 2 saturated heterocycles. The number of ether oxygens (including phenoxy) is 2. The van der Waals surface area contributed by atoms with Crippen LogP contribution in [0.2, 0.25) is 10.0 Å². The van der Waals surface area contributed by atoms with Gasteiger partial charge in [0, 0.05) is 21.4 Å². The molecule has 2 fully saturated rings. The predicted octanol–water partition coefficient (Wildman–Crippen LogP) is 7.95. The van der Waals surface area contributed by atoms with Gasteiger partial charge in [0.2, 0.25) is 5.91 Å². The second-order valence-electron chi connectivity index (χ2n) is 10.8. The van der Waals surface area contributed by atoms with Crippen molar-refractivity contribution in [2.24, 2.45) is 5.41 Å². The zero-order valence-electron chi connectivity index (χ0n) is 21.8. The van der Waals surface area contributed by atoms with Gasteiger partial charge in [-0.3, -0.25) is 4.79 Å². The molecule has 0 aliphatic carbocycles. The molecular formula is C30H37Cl2NO3. The highest BCUT2D eigenvalue weighted by atomic mass is 35.5. The van der Waals surface area contributed by atoms with Crippen LogP contribution in [0.25, 0.3) is 0 Å². The fraction of sp³-hybridized carbons (Fsp3) is 0.500. The maximum atomic E-state index is 14.5. The van der Waals surface area contributed by atoms with Gasteiger partial charge < -0.3 is 14.4 Å². The van der Waals surface area contributed by atoms with Gasteiger partial charge in [0.05, 0.1) is 24.8 Å². The standard InChI is InChI=1S/C30H37Cl2NO3/c1-6-9-24(7-2)33-27(20-12-14-22(31)15-13-20)26(21-10-8-11-23(32)16-21)18-30(5,28(33)34)17-25-19-35-29(3,4)36-25/h6,8-16,24-27H,7,17-19H2,1-5H3/t24-,25?,26+,27+,30-/m0/s1. The maximum Gasteiger partial charge on any atom is 0.229 e. The fourth-order valence-corrected chi connectivity index (χ4v) is 6.27. The minimum absolute atomic E-state index is 0.0401. The SMILES string of the molecule is CC=C[C@H](CC)N1C(=O)[C@@](C)(CC2COC(C)(C)O2)C[C@H](c2cccc(Cl)c2)[C@H]1c1ccc(Cl)cc1. The topological polar surface area (TPSA) is 38.8 Å². The van der Waals surface area contributed by atoms with E-state index in [2.05, 4.69) is 30.9 Å². The molecule has 36 heavy (non-hydrogen) atoms. The van der Waals surface area contributed by atoms with E-state index in [1.807, 2.05) is 69.3 Å². The summed E-state index contributed by atoms with van der Waals surface area (Å²) in [6.45, 7) is 10.6. The second-order valence-corrected chi connectivity index (χ2v) is 11.7. The van der Waals surface area contributed by atoms with Crippen molar-refractivity contribution in [3.8, 4) is 0 Å². The van der Waals surface area contributed by atoms with E-state index in [-0.39, 0.29) is 30.0 Å². The Morgan fingerprint density at radius 1 is 1.08 bits per heavy atom. The number of rotatable bonds is 7. The summed E-state index contributed by atoms with van der Waals surface area (Å²) < 4.78 is 12.0. The van der Waals surface area contributed by atoms with E-state index in [0.29, 0.717) is 29.5 Å². The summed E-state index contributed by atoms with van der Waals surface area (Å²) in [5, 5.41) is 1.38. The van der Waals surface area contributed by atoms with E-state index in [1.165, 1.54) is 0 Å². The lowest BCUT2D eigenvalue weighted by atomic mass is 9.66. The monoisotopic (exact) mass is 529 g/mol. The molecule has 0 spiro atoms. The molecule has 6 heteroatoms. The number of likely N-dealkylation sites (tertiary alicyclic amines) is 1. The first-order valence-electron chi connectivity index (χ1n) is 12.8. The average molecular weight is 531 g/mol. The van der Waals surface area contributed by atoms with Crippen molar-refractivity contribution in [1.29, 1.82) is 0 Å². The minimum atomic E-state index is -0.631. The first kappa shape index (κ1) is 27.2. The van der Waals surface area contributed by atoms with Crippen molar-refractivity contribution in [1.82, 2.24) is 4.90 Å². The first-order chi connectivity index (χ1) is 17.1. The Bertz CT molecular complexity index is 1100. The number of amides is 1. The van der Waals surface area contributed by atoms with Gasteiger partial charge in [-0.2, -0.15) is 0 Å². The third kappa shape index (κ3) is 5.67. The third-order valence-corrected chi connectivity index (χ3v) is 8.01. The van der Waals surface area contributed by atoms with Crippen LogP contribution in [0.4, 0.5) is 0 Å². The van der Waals surface area contributed by atoms with Crippen molar-refractivity contribution in [3.63, 3.8) is 0 Å². The molecule has 0 aromatic heterocycles. The lowest BCUT2D eigenvalue weighted by Crippen LogP contribution is -2.56. The number of piperidine rings is 1. The van der Waals surface area contributed by atoms with Crippen LogP contribution in [0.15, 0.2) is 60.7 Å². The highest BCUT2D eigenvalue weighted by Gasteiger charge is 2.52. The number of nitrogens with zero attached hydrogens (tertiary/aromatic N) is 1. The summed E-state index contributed by atoms with van der Waals surface area (Å²) in [6, 6.07) is 15.8. The molecule has 1 unspecified atom stereocenters. The zero-order chi connectivity index (χ0) is 26.1. The Hall–Kier alpha value is -1.85. The summed E-state index contributed by atoms with van der Waals surface area (Å²) in [5.41, 5.74) is 1.58. The smallest absolute Gasteiger partial charge is 0.229 e. The Kier molecular flexibility index (Phi) is 8.21. The van der Waals surface area contributed by atoms with Crippen molar-refractivity contribution in [2.45, 2.75) is 83.8 Å². The summed E-state index contributed by atoms with van der Waals surface area (Å²) >= 11 is 12.7. The molecule has 2 aromatic carbocycles. The van der Waals surface area contributed by atoms with E-state index in [9.17, 15) is 4.79 Å². The quantitative estimate of drug-likeness (QED) is 0.341. The van der Waals surface area contributed by atoms with Gasteiger partial charge in [0.1, 0.15) is 0 Å². The van der Waals surface area contributed by atoms with Gasteiger partial charge in [-0.25, -0.2) is 0 Å². The molecule has 5 atom stereocenters. The average Bonchev–Trinajstić information content (AvgIpc) is 3.17. The molecule has 2 aliphatic rings. The number of carbonyl (C=O) groups excluding carboxylic acids is 1. The van der Waals surface area contributed by atoms with Gasteiger partial charge in [-0.1, -0.05) is 73.5 Å². The maximum absolute atomic E-state index is 14.5. The Morgan fingerprint density at radius 2 is 1.81 bits per heavy atom. The Morgan fingerprint density at radius 3 is 2.39 bits per heavy atom. The normalized spacial score (nSPS) is 29.1. The van der Waals surface area contributed by atoms with Crippen molar-refractivity contribution in [3.05, 3.63) is 81.9 Å². The fourth-order valence-electron chi connectivity index (χ4n) is 5.95. The van der Waals surface area contributed by atoms with Crippen LogP contribution < -0.4 is 0 Å². The molecular weight excluding hydrogens is 493 g/mol. The van der Waals surface area contributed by atoms with E-state index in [0.717, 1.165) is 17.5 Å². The zero-order valence-corrected chi connectivity index (χ0v) is 23.4. The van der Waals surface area contributed by atoms with Gasteiger partial charge in [-0.15, -0.1) is 0 Å². The number of hydrogen-bond donors (Lipinski definition) is 0. The molecule has 0 radical (unpaired) electrons. The van der Waals surface area contributed by atoms with Gasteiger partial charge in [0.15, 0.2) is 5.79 Å². The predicted molar refractivity (Wildman–Crippen MR) is 146 cm³/mol. The summed E-state index contributed by atoms with van der Waals surface area (Å²) in [7, 11) is 0. The highest BCUT2D eigenvalue weighted by Crippen LogP contribution is 2.53. The molecule has 1 amide bonds. The summed E-state index contributed by atoms with van der Waals surface area (Å²) in [5.74, 6) is -0.436. The van der Waals surface area contributed by atoms with Crippen LogP contribution in [0, 0.1) is 5.41 Å². The van der Waals surface area contributed by atoms with Gasteiger partial charge in [-0.05, 0) is 75.4 Å². The Labute approximate surface area is 225 Å². The molecule has 0 bridgehead atoms. The van der Waals surface area contributed by atoms with Crippen LogP contribution in [-0.4, -0.2) is 35.3 Å². The van der Waals surface area contributed by atoms with Crippen molar-refractivity contribution < 1.29 is 14.3 Å². The second kappa shape index (κ2) is 10.9. The molecule has 4 nitrogen and oxygen atoms in total. The molecule has 0 N–H and O–H groups in total. The number of benzene rings is 2. The van der Waals surface area contributed by atoms with E-state index in [1.54, 1.807) is 0 Å². The largest absolute Gasteiger partial charge is 0.348 e. The molecule has 2 aliphatic heterocycles. The van der Waals surface area contributed by atoms with E-state index < -0.39 is 11.2 Å². The van der Waals surface area contributed by atoms with Crippen molar-refractivity contribution >= 4 is 29.1 Å². The number of carbonyl (C=O) groups is 1. The van der Waals surface area contributed by atoms with Gasteiger partial charge >= 0.3 is 0 Å². The lowest BCUT2D eigenvalue weighted by Gasteiger charge is -2.52. The Balaban J connectivity index is 1.84.